The number of carbonyl (C=O) groups is 2. The third kappa shape index (κ3) is 43.2. The van der Waals surface area contributed by atoms with Gasteiger partial charge in [0.25, 0.3) is 7.82 Å². The lowest BCUT2D eigenvalue weighted by molar-refractivity contribution is -0.870. The predicted molar refractivity (Wildman–Crippen MR) is 261 cm³/mol. The smallest absolute Gasteiger partial charge is 0.306 e. The number of carbonyl (C=O) groups excluding carboxylic acids is 2. The molecule has 1 N–H and O–H groups in total. The number of hydrogen-bond donors (Lipinski definition) is 1. The molecule has 0 heterocycles. The number of ether oxygens (including phenoxy) is 1. The van der Waals surface area contributed by atoms with E-state index >= 15 is 0 Å². The molecule has 362 valence electrons. The molecule has 0 rings (SSSR count). The molecular formula is C52H97N2O7P. The van der Waals surface area contributed by atoms with Gasteiger partial charge in [0.2, 0.25) is 5.91 Å². The fourth-order valence-electron chi connectivity index (χ4n) is 7.01. The van der Waals surface area contributed by atoms with Gasteiger partial charge >= 0.3 is 5.97 Å². The lowest BCUT2D eigenvalue weighted by atomic mass is 10.1. The number of phosphoric acid groups is 1. The van der Waals surface area contributed by atoms with E-state index in [1.807, 2.05) is 33.3 Å². The lowest BCUT2D eigenvalue weighted by Gasteiger charge is -2.30. The summed E-state index contributed by atoms with van der Waals surface area (Å²) in [5.41, 5.74) is 0. The Morgan fingerprint density at radius 2 is 1.05 bits per heavy atom. The third-order valence-electron chi connectivity index (χ3n) is 11.0. The molecular weight excluding hydrogens is 796 g/mol. The number of nitrogens with one attached hydrogen (secondary N) is 1. The zero-order valence-corrected chi connectivity index (χ0v) is 42.0. The highest BCUT2D eigenvalue weighted by molar-refractivity contribution is 7.45. The van der Waals surface area contributed by atoms with E-state index in [1.54, 1.807) is 0 Å². The molecule has 62 heavy (non-hydrogen) atoms. The van der Waals surface area contributed by atoms with E-state index in [-0.39, 0.29) is 24.9 Å². The van der Waals surface area contributed by atoms with Crippen molar-refractivity contribution in [3.05, 3.63) is 48.6 Å². The Hall–Kier alpha value is -2.03. The van der Waals surface area contributed by atoms with Crippen LogP contribution in [0.25, 0.3) is 0 Å². The topological polar surface area (TPSA) is 114 Å². The van der Waals surface area contributed by atoms with Crippen LogP contribution in [-0.4, -0.2) is 69.4 Å². The molecule has 0 spiro atoms. The van der Waals surface area contributed by atoms with E-state index in [0.717, 1.165) is 109 Å². The summed E-state index contributed by atoms with van der Waals surface area (Å²) in [6.07, 6.45) is 49.3. The number of unbranched alkanes of at least 4 members (excludes halogenated alkanes) is 23. The highest BCUT2D eigenvalue weighted by atomic mass is 31.2. The molecule has 0 aliphatic heterocycles. The minimum absolute atomic E-state index is 0.0258. The molecule has 0 aromatic heterocycles. The molecule has 0 aromatic rings. The van der Waals surface area contributed by atoms with E-state index in [2.05, 4.69) is 62.5 Å². The Balaban J connectivity index is 5.44. The van der Waals surface area contributed by atoms with Gasteiger partial charge < -0.3 is 28.5 Å². The van der Waals surface area contributed by atoms with E-state index in [4.69, 9.17) is 13.8 Å². The standard InChI is InChI=1S/C52H97N2O7P/c1-7-10-13-16-19-22-25-26-27-30-32-35-38-41-44-51(55)53-49(48-60-62(57,58)59-47-46-54(4,5)6)50(43-40-37-34-31-28-23-20-17-14-11-8-2)61-52(56)45-42-39-36-33-29-24-21-18-15-12-9-3/h10,13,18-19,21-22,40,43,49-50H,7-9,11-12,14-17,20,23-39,41-42,44-48H2,1-6H3,(H-,53,55,57,58)/b13-10+,21-18-,22-19+,43-40+. The molecule has 0 saturated carbocycles. The van der Waals surface area contributed by atoms with Crippen LogP contribution >= 0.6 is 7.82 Å². The van der Waals surface area contributed by atoms with E-state index in [9.17, 15) is 19.0 Å². The average Bonchev–Trinajstić information content (AvgIpc) is 3.22. The van der Waals surface area contributed by atoms with Crippen LogP contribution < -0.4 is 10.2 Å². The van der Waals surface area contributed by atoms with E-state index < -0.39 is 26.6 Å². The molecule has 3 unspecified atom stereocenters. The molecule has 0 radical (unpaired) electrons. The molecule has 1 amide bonds. The third-order valence-corrected chi connectivity index (χ3v) is 12.0. The maximum absolute atomic E-state index is 13.4. The molecule has 0 aliphatic rings. The summed E-state index contributed by atoms with van der Waals surface area (Å²) in [5.74, 6) is -0.565. The van der Waals surface area contributed by atoms with Crippen molar-refractivity contribution in [3.63, 3.8) is 0 Å². The molecule has 0 saturated heterocycles. The van der Waals surface area contributed by atoms with Gasteiger partial charge in [0, 0.05) is 12.8 Å². The van der Waals surface area contributed by atoms with E-state index in [1.165, 1.54) is 77.0 Å². The van der Waals surface area contributed by atoms with Crippen molar-refractivity contribution in [1.82, 2.24) is 5.32 Å². The first-order valence-corrected chi connectivity index (χ1v) is 26.9. The predicted octanol–water partition coefficient (Wildman–Crippen LogP) is 14.0. The van der Waals surface area contributed by atoms with Crippen molar-refractivity contribution in [2.45, 2.75) is 232 Å². The van der Waals surface area contributed by atoms with Gasteiger partial charge in [-0.2, -0.15) is 0 Å². The Kier molecular flexibility index (Phi) is 41.5. The van der Waals surface area contributed by atoms with Crippen LogP contribution in [0.15, 0.2) is 48.6 Å². The second-order valence-corrected chi connectivity index (χ2v) is 19.7. The van der Waals surface area contributed by atoms with Crippen LogP contribution in [0.5, 0.6) is 0 Å². The summed E-state index contributed by atoms with van der Waals surface area (Å²) in [7, 11) is 1.17. The number of allylic oxidation sites excluding steroid dienone is 7. The van der Waals surface area contributed by atoms with Crippen molar-refractivity contribution >= 4 is 19.7 Å². The number of esters is 1. The second kappa shape index (κ2) is 42.9. The van der Waals surface area contributed by atoms with Crippen LogP contribution in [0.3, 0.4) is 0 Å². The highest BCUT2D eigenvalue weighted by Gasteiger charge is 2.27. The molecule has 0 aromatic carbocycles. The monoisotopic (exact) mass is 893 g/mol. The lowest BCUT2D eigenvalue weighted by Crippen LogP contribution is -2.47. The first-order valence-electron chi connectivity index (χ1n) is 25.4. The SMILES string of the molecule is CC/C=C/C/C=C/CCCCCCCCCC(=O)NC(COP(=O)([O-])OCC[N+](C)(C)C)C(/C=C/CCCCCCCCCCC)OC(=O)CCCCCCC/C=C\CCCC. The molecule has 0 fully saturated rings. The van der Waals surface area contributed by atoms with Gasteiger partial charge in [-0.1, -0.05) is 179 Å². The van der Waals surface area contributed by atoms with Crippen molar-refractivity contribution < 1.29 is 37.3 Å². The number of hydrogen-bond acceptors (Lipinski definition) is 7. The molecule has 3 atom stereocenters. The summed E-state index contributed by atoms with van der Waals surface area (Å²) >= 11 is 0. The van der Waals surface area contributed by atoms with Crippen molar-refractivity contribution in [2.75, 3.05) is 40.9 Å². The number of amides is 1. The zero-order valence-electron chi connectivity index (χ0n) is 41.1. The Morgan fingerprint density at radius 1 is 0.581 bits per heavy atom. The summed E-state index contributed by atoms with van der Waals surface area (Å²) in [5, 5.41) is 3.00. The van der Waals surface area contributed by atoms with Gasteiger partial charge in [0.15, 0.2) is 0 Å². The van der Waals surface area contributed by atoms with Crippen LogP contribution in [0.2, 0.25) is 0 Å². The Morgan fingerprint density at radius 3 is 1.60 bits per heavy atom. The van der Waals surface area contributed by atoms with Crippen LogP contribution in [0.1, 0.15) is 220 Å². The molecule has 9 nitrogen and oxygen atoms in total. The molecule has 0 bridgehead atoms. The zero-order chi connectivity index (χ0) is 45.8. The summed E-state index contributed by atoms with van der Waals surface area (Å²) < 4.78 is 30.0. The number of nitrogens with zero attached hydrogens (tertiary/aromatic N) is 1. The molecule has 0 aliphatic carbocycles. The maximum atomic E-state index is 13.4. The summed E-state index contributed by atoms with van der Waals surface area (Å²) in [6, 6.07) is -0.891. The van der Waals surface area contributed by atoms with Crippen molar-refractivity contribution in [2.24, 2.45) is 0 Å². The summed E-state index contributed by atoms with van der Waals surface area (Å²) in [6.45, 7) is 6.66. The van der Waals surface area contributed by atoms with Crippen LogP contribution in [0, 0.1) is 0 Å². The largest absolute Gasteiger partial charge is 0.756 e. The van der Waals surface area contributed by atoms with Gasteiger partial charge in [0.1, 0.15) is 19.3 Å². The minimum atomic E-state index is -4.69. The fourth-order valence-corrected chi connectivity index (χ4v) is 7.73. The second-order valence-electron chi connectivity index (χ2n) is 18.3. The van der Waals surface area contributed by atoms with Gasteiger partial charge in [0.05, 0.1) is 33.8 Å². The van der Waals surface area contributed by atoms with Gasteiger partial charge in [-0.15, -0.1) is 0 Å². The van der Waals surface area contributed by atoms with Crippen molar-refractivity contribution in [3.8, 4) is 0 Å². The first kappa shape index (κ1) is 60.0. The Labute approximate surface area is 382 Å². The van der Waals surface area contributed by atoms with E-state index in [0.29, 0.717) is 17.4 Å². The van der Waals surface area contributed by atoms with Gasteiger partial charge in [-0.05, 0) is 76.7 Å². The minimum Gasteiger partial charge on any atom is -0.756 e. The highest BCUT2D eigenvalue weighted by Crippen LogP contribution is 2.38. The molecule has 10 heteroatoms. The maximum Gasteiger partial charge on any atom is 0.306 e. The fraction of sp³-hybridized carbons (Fsp3) is 0.808. The quantitative estimate of drug-likeness (QED) is 0.0213. The number of phosphoric ester groups is 1. The number of rotatable bonds is 45. The van der Waals surface area contributed by atoms with Crippen LogP contribution in [-0.2, 0) is 27.9 Å². The van der Waals surface area contributed by atoms with Gasteiger partial charge in [-0.3, -0.25) is 14.2 Å². The normalized spacial score (nSPS) is 14.4. The Bertz CT molecular complexity index is 1210. The average molecular weight is 893 g/mol. The number of likely N-dealkylation sites (N-methyl/N-ethyl adjacent to an activating group) is 1. The number of quaternary nitrogens is 1. The van der Waals surface area contributed by atoms with Crippen LogP contribution in [0.4, 0.5) is 0 Å². The first-order chi connectivity index (χ1) is 29.9. The summed E-state index contributed by atoms with van der Waals surface area (Å²) in [4.78, 5) is 39.6. The van der Waals surface area contributed by atoms with Crippen molar-refractivity contribution in [1.29, 1.82) is 0 Å². The van der Waals surface area contributed by atoms with Gasteiger partial charge in [-0.25, -0.2) is 0 Å².